The molecule has 2 rings (SSSR count). The summed E-state index contributed by atoms with van der Waals surface area (Å²) in [6, 6.07) is 8.86. The summed E-state index contributed by atoms with van der Waals surface area (Å²) in [6.07, 6.45) is 0.00110. The summed E-state index contributed by atoms with van der Waals surface area (Å²) in [5, 5.41) is 3.07. The zero-order valence-corrected chi connectivity index (χ0v) is 14.3. The van der Waals surface area contributed by atoms with Gasteiger partial charge in [-0.15, -0.1) is 0 Å². The molecule has 0 spiro atoms. The minimum Gasteiger partial charge on any atom is -0.489 e. The second-order valence-electron chi connectivity index (χ2n) is 4.89. The third-order valence-electron chi connectivity index (χ3n) is 2.73. The molecule has 3 nitrogen and oxygen atoms in total. The molecule has 0 saturated heterocycles. The minimum atomic E-state index is -0.480. The third-order valence-corrected chi connectivity index (χ3v) is 3.71. The summed E-state index contributed by atoms with van der Waals surface area (Å²) in [5.74, 6) is -0.367. The Morgan fingerprint density at radius 1 is 1.27 bits per heavy atom. The Hall–Kier alpha value is -1.59. The monoisotopic (exact) mass is 385 g/mol. The number of carbonyl (C=O) groups excluding carboxylic acids is 1. The molecule has 0 bridgehead atoms. The van der Waals surface area contributed by atoms with E-state index in [1.165, 1.54) is 12.1 Å². The third kappa shape index (κ3) is 4.21. The van der Waals surface area contributed by atoms with Crippen molar-refractivity contribution in [2.45, 2.75) is 20.0 Å². The van der Waals surface area contributed by atoms with Crippen LogP contribution in [0.25, 0.3) is 0 Å². The molecule has 22 heavy (non-hydrogen) atoms. The number of rotatable bonds is 4. The van der Waals surface area contributed by atoms with Gasteiger partial charge in [-0.3, -0.25) is 4.79 Å². The zero-order chi connectivity index (χ0) is 16.3. The average Bonchev–Trinajstić information content (AvgIpc) is 2.44. The SMILES string of the molecule is CC(C)Oc1ccc(NC(=O)c2cc(F)ccc2Br)cc1Cl. The lowest BCUT2D eigenvalue weighted by Crippen LogP contribution is -2.13. The van der Waals surface area contributed by atoms with E-state index in [1.54, 1.807) is 18.2 Å². The van der Waals surface area contributed by atoms with Crippen LogP contribution in [0.2, 0.25) is 5.02 Å². The van der Waals surface area contributed by atoms with Crippen molar-refractivity contribution in [2.24, 2.45) is 0 Å². The molecule has 0 heterocycles. The fourth-order valence-corrected chi connectivity index (χ4v) is 2.45. The number of halogens is 3. The Kier molecular flexibility index (Phi) is 5.42. The van der Waals surface area contributed by atoms with Gasteiger partial charge in [0.25, 0.3) is 5.91 Å². The number of anilines is 1. The molecule has 116 valence electrons. The van der Waals surface area contributed by atoms with Crippen LogP contribution in [0.4, 0.5) is 10.1 Å². The molecule has 0 unspecified atom stereocenters. The molecule has 0 radical (unpaired) electrons. The Morgan fingerprint density at radius 3 is 2.64 bits per heavy atom. The van der Waals surface area contributed by atoms with Gasteiger partial charge in [0, 0.05) is 10.2 Å². The Bertz CT molecular complexity index is 707. The topological polar surface area (TPSA) is 38.3 Å². The largest absolute Gasteiger partial charge is 0.489 e. The van der Waals surface area contributed by atoms with Crippen LogP contribution in [-0.4, -0.2) is 12.0 Å². The zero-order valence-electron chi connectivity index (χ0n) is 12.0. The Morgan fingerprint density at radius 2 is 2.00 bits per heavy atom. The fourth-order valence-electron chi connectivity index (χ4n) is 1.80. The smallest absolute Gasteiger partial charge is 0.256 e. The molecule has 0 saturated carbocycles. The van der Waals surface area contributed by atoms with Crippen LogP contribution in [0, 0.1) is 5.82 Å². The van der Waals surface area contributed by atoms with E-state index < -0.39 is 11.7 Å². The molecule has 6 heteroatoms. The maximum atomic E-state index is 13.2. The van der Waals surface area contributed by atoms with E-state index in [1.807, 2.05) is 13.8 Å². The molecule has 0 aliphatic carbocycles. The van der Waals surface area contributed by atoms with Crippen molar-refractivity contribution in [3.63, 3.8) is 0 Å². The quantitative estimate of drug-likeness (QED) is 0.776. The number of carbonyl (C=O) groups is 1. The normalized spacial score (nSPS) is 10.6. The summed E-state index contributed by atoms with van der Waals surface area (Å²) in [5.41, 5.74) is 0.709. The standard InChI is InChI=1S/C16H14BrClFNO2/c1-9(2)22-15-6-4-11(8-14(15)18)20-16(21)12-7-10(19)3-5-13(12)17/h3-9H,1-2H3,(H,20,21). The molecule has 1 amide bonds. The predicted molar refractivity (Wildman–Crippen MR) is 89.3 cm³/mol. The number of hydrogen-bond donors (Lipinski definition) is 1. The molecular weight excluding hydrogens is 373 g/mol. The summed E-state index contributed by atoms with van der Waals surface area (Å²) < 4.78 is 19.3. The summed E-state index contributed by atoms with van der Waals surface area (Å²) in [6.45, 7) is 3.79. The van der Waals surface area contributed by atoms with Crippen molar-refractivity contribution < 1.29 is 13.9 Å². The van der Waals surface area contributed by atoms with Crippen LogP contribution in [0.5, 0.6) is 5.75 Å². The van der Waals surface area contributed by atoms with Crippen LogP contribution >= 0.6 is 27.5 Å². The van der Waals surface area contributed by atoms with Crippen molar-refractivity contribution in [3.8, 4) is 5.75 Å². The van der Waals surface area contributed by atoms with E-state index in [0.717, 1.165) is 6.07 Å². The number of benzene rings is 2. The van der Waals surface area contributed by atoms with E-state index in [0.29, 0.717) is 20.9 Å². The Balaban J connectivity index is 2.18. The van der Waals surface area contributed by atoms with E-state index in [-0.39, 0.29) is 11.7 Å². The minimum absolute atomic E-state index is 0.00110. The van der Waals surface area contributed by atoms with E-state index >= 15 is 0 Å². The predicted octanol–water partition coefficient (Wildman–Crippen LogP) is 5.28. The molecule has 1 N–H and O–H groups in total. The first-order chi connectivity index (χ1) is 10.4. The molecule has 0 aliphatic rings. The maximum absolute atomic E-state index is 13.2. The highest BCUT2D eigenvalue weighted by atomic mass is 79.9. The van der Waals surface area contributed by atoms with Gasteiger partial charge in [-0.1, -0.05) is 11.6 Å². The number of hydrogen-bond acceptors (Lipinski definition) is 2. The first-order valence-corrected chi connectivity index (χ1v) is 7.76. The van der Waals surface area contributed by atoms with Crippen LogP contribution < -0.4 is 10.1 Å². The van der Waals surface area contributed by atoms with Crippen molar-refractivity contribution in [1.29, 1.82) is 0 Å². The van der Waals surface area contributed by atoms with Gasteiger partial charge in [-0.25, -0.2) is 4.39 Å². The lowest BCUT2D eigenvalue weighted by Gasteiger charge is -2.13. The van der Waals surface area contributed by atoms with Crippen molar-refractivity contribution in [3.05, 3.63) is 57.3 Å². The summed E-state index contributed by atoms with van der Waals surface area (Å²) in [4.78, 5) is 12.2. The first kappa shape index (κ1) is 16.8. The van der Waals surface area contributed by atoms with Gasteiger partial charge in [0.2, 0.25) is 0 Å². The van der Waals surface area contributed by atoms with Gasteiger partial charge < -0.3 is 10.1 Å². The average molecular weight is 387 g/mol. The highest BCUT2D eigenvalue weighted by Gasteiger charge is 2.13. The van der Waals surface area contributed by atoms with Crippen molar-refractivity contribution in [1.82, 2.24) is 0 Å². The maximum Gasteiger partial charge on any atom is 0.256 e. The van der Waals surface area contributed by atoms with Gasteiger partial charge in [-0.2, -0.15) is 0 Å². The van der Waals surface area contributed by atoms with Crippen LogP contribution in [0.15, 0.2) is 40.9 Å². The molecule has 0 atom stereocenters. The lowest BCUT2D eigenvalue weighted by molar-refractivity contribution is 0.102. The molecule has 0 aromatic heterocycles. The van der Waals surface area contributed by atoms with Crippen LogP contribution in [0.3, 0.4) is 0 Å². The summed E-state index contributed by atoms with van der Waals surface area (Å²) in [7, 11) is 0. The van der Waals surface area contributed by atoms with E-state index in [4.69, 9.17) is 16.3 Å². The highest BCUT2D eigenvalue weighted by molar-refractivity contribution is 9.10. The molecule has 2 aromatic rings. The molecule has 2 aromatic carbocycles. The molecule has 0 aliphatic heterocycles. The molecular formula is C16H14BrClFNO2. The van der Waals surface area contributed by atoms with Gasteiger partial charge >= 0.3 is 0 Å². The highest BCUT2D eigenvalue weighted by Crippen LogP contribution is 2.29. The van der Waals surface area contributed by atoms with E-state index in [9.17, 15) is 9.18 Å². The second kappa shape index (κ2) is 7.11. The molecule has 0 fully saturated rings. The van der Waals surface area contributed by atoms with Crippen molar-refractivity contribution >= 4 is 39.1 Å². The van der Waals surface area contributed by atoms with Gasteiger partial charge in [0.05, 0.1) is 16.7 Å². The Labute approximate surface area is 141 Å². The van der Waals surface area contributed by atoms with Gasteiger partial charge in [0.1, 0.15) is 11.6 Å². The number of amides is 1. The first-order valence-electron chi connectivity index (χ1n) is 6.59. The van der Waals surface area contributed by atoms with Gasteiger partial charge in [0.15, 0.2) is 0 Å². The van der Waals surface area contributed by atoms with Crippen LogP contribution in [0.1, 0.15) is 24.2 Å². The lowest BCUT2D eigenvalue weighted by atomic mass is 10.2. The van der Waals surface area contributed by atoms with E-state index in [2.05, 4.69) is 21.2 Å². The van der Waals surface area contributed by atoms with Gasteiger partial charge in [-0.05, 0) is 66.2 Å². The van der Waals surface area contributed by atoms with Crippen molar-refractivity contribution in [2.75, 3.05) is 5.32 Å². The number of ether oxygens (including phenoxy) is 1. The second-order valence-corrected chi connectivity index (χ2v) is 6.15. The fraction of sp³-hybridized carbons (Fsp3) is 0.188. The van der Waals surface area contributed by atoms with Crippen LogP contribution in [-0.2, 0) is 0 Å². The summed E-state index contributed by atoms with van der Waals surface area (Å²) >= 11 is 9.34. The number of nitrogens with one attached hydrogen (secondary N) is 1.